The van der Waals surface area contributed by atoms with Crippen molar-refractivity contribution in [1.82, 2.24) is 14.5 Å². The van der Waals surface area contributed by atoms with E-state index in [0.29, 0.717) is 27.9 Å². The van der Waals surface area contributed by atoms with Crippen LogP contribution in [0.1, 0.15) is 23.0 Å². The van der Waals surface area contributed by atoms with E-state index in [1.807, 2.05) is 0 Å². The predicted octanol–water partition coefficient (Wildman–Crippen LogP) is 2.75. The number of ether oxygens (including phenoxy) is 2. The van der Waals surface area contributed by atoms with Gasteiger partial charge in [0.25, 0.3) is 0 Å². The van der Waals surface area contributed by atoms with Gasteiger partial charge in [-0.25, -0.2) is 14.8 Å². The van der Waals surface area contributed by atoms with Gasteiger partial charge in [-0.3, -0.25) is 9.59 Å². The van der Waals surface area contributed by atoms with Crippen LogP contribution in [0.25, 0.3) is 0 Å². The molecule has 2 heterocycles. The molecule has 0 saturated heterocycles. The third-order valence-corrected chi connectivity index (χ3v) is 5.20. The van der Waals surface area contributed by atoms with Crippen molar-refractivity contribution in [3.63, 3.8) is 0 Å². The number of esters is 1. The fourth-order valence-electron chi connectivity index (χ4n) is 2.78. The predicted molar refractivity (Wildman–Crippen MR) is 120 cm³/mol. The Morgan fingerprint density at radius 3 is 2.53 bits per heavy atom. The number of pyridine rings is 1. The number of anilines is 1. The lowest BCUT2D eigenvalue weighted by Gasteiger charge is -2.14. The first-order valence-corrected chi connectivity index (χ1v) is 10.7. The van der Waals surface area contributed by atoms with Crippen LogP contribution in [-0.2, 0) is 21.8 Å². The van der Waals surface area contributed by atoms with Crippen LogP contribution in [0.5, 0.6) is 5.75 Å². The van der Waals surface area contributed by atoms with E-state index >= 15 is 0 Å². The Hall–Kier alpha value is -3.66. The first kappa shape index (κ1) is 23.0. The number of hydrogen-bond donors (Lipinski definition) is 1. The van der Waals surface area contributed by atoms with Gasteiger partial charge in [-0.05, 0) is 37.3 Å². The van der Waals surface area contributed by atoms with Gasteiger partial charge in [0, 0.05) is 35.6 Å². The van der Waals surface area contributed by atoms with Gasteiger partial charge in [0.15, 0.2) is 10.9 Å². The summed E-state index contributed by atoms with van der Waals surface area (Å²) >= 11 is 1.35. The average molecular weight is 455 g/mol. The van der Waals surface area contributed by atoms with Crippen molar-refractivity contribution in [3.8, 4) is 5.75 Å². The van der Waals surface area contributed by atoms with E-state index in [1.165, 1.54) is 31.1 Å². The Kier molecular flexibility index (Phi) is 7.98. The summed E-state index contributed by atoms with van der Waals surface area (Å²) in [4.78, 5) is 44.9. The maximum Gasteiger partial charge on any atom is 0.338 e. The van der Waals surface area contributed by atoms with Gasteiger partial charge in [-0.15, -0.1) is 0 Å². The molecule has 0 unspecified atom stereocenters. The molecule has 1 aromatic carbocycles. The number of carbonyl (C=O) groups is 2. The maximum atomic E-state index is 12.6. The fraction of sp³-hybridized carbons (Fsp3) is 0.227. The molecule has 0 radical (unpaired) electrons. The highest BCUT2D eigenvalue weighted by atomic mass is 32.2. The molecule has 0 saturated carbocycles. The number of thioether (sulfide) groups is 1. The number of nitrogens with one attached hydrogen (secondary N) is 1. The van der Waals surface area contributed by atoms with Crippen LogP contribution >= 0.6 is 11.8 Å². The van der Waals surface area contributed by atoms with Gasteiger partial charge in [-0.2, -0.15) is 0 Å². The quantitative estimate of drug-likeness (QED) is 0.298. The van der Waals surface area contributed by atoms with Crippen molar-refractivity contribution in [2.24, 2.45) is 0 Å². The molecule has 166 valence electrons. The molecule has 1 amide bonds. The van der Waals surface area contributed by atoms with E-state index in [2.05, 4.69) is 15.3 Å². The monoisotopic (exact) mass is 454 g/mol. The number of methoxy groups -OCH3 is 1. The van der Waals surface area contributed by atoms with Crippen molar-refractivity contribution in [1.29, 1.82) is 0 Å². The molecule has 0 fully saturated rings. The second-order valence-electron chi connectivity index (χ2n) is 6.49. The van der Waals surface area contributed by atoms with Gasteiger partial charge in [-0.1, -0.05) is 11.8 Å². The minimum atomic E-state index is -0.421. The van der Waals surface area contributed by atoms with Crippen molar-refractivity contribution in [2.45, 2.75) is 24.4 Å². The summed E-state index contributed by atoms with van der Waals surface area (Å²) in [6.45, 7) is 1.98. The molecule has 0 aliphatic heterocycles. The highest BCUT2D eigenvalue weighted by molar-refractivity contribution is 7.98. The molecule has 1 N–H and O–H groups in total. The zero-order chi connectivity index (χ0) is 22.9. The number of benzene rings is 1. The maximum absolute atomic E-state index is 12.6. The first-order valence-electron chi connectivity index (χ1n) is 9.74. The lowest BCUT2D eigenvalue weighted by Crippen LogP contribution is -2.22. The van der Waals surface area contributed by atoms with E-state index in [4.69, 9.17) is 9.47 Å². The van der Waals surface area contributed by atoms with Crippen LogP contribution in [0.3, 0.4) is 0 Å². The number of carbonyl (C=O) groups excluding carboxylic acids is 2. The topological polar surface area (TPSA) is 112 Å². The second kappa shape index (κ2) is 11.1. The van der Waals surface area contributed by atoms with Crippen molar-refractivity contribution < 1.29 is 19.1 Å². The standard InChI is InChI=1S/C22H22N4O5S/c1-3-31-21(29)15-5-7-16(8-6-15)25-20(28)13-26-12-19(30-2)18(27)11-17(26)14-32-22-23-9-4-10-24-22/h4-12H,3,13-14H2,1-2H3,(H,25,28). The van der Waals surface area contributed by atoms with Crippen LogP contribution in [-0.4, -0.2) is 40.1 Å². The molecule has 32 heavy (non-hydrogen) atoms. The SMILES string of the molecule is CCOC(=O)c1ccc(NC(=O)Cn2cc(OC)c(=O)cc2CSc2ncccn2)cc1. The van der Waals surface area contributed by atoms with Crippen LogP contribution in [0.4, 0.5) is 5.69 Å². The highest BCUT2D eigenvalue weighted by Crippen LogP contribution is 2.19. The molecule has 0 spiro atoms. The molecule has 3 aromatic rings. The van der Waals surface area contributed by atoms with Crippen molar-refractivity contribution in [2.75, 3.05) is 19.0 Å². The van der Waals surface area contributed by atoms with E-state index in [0.717, 1.165) is 0 Å². The van der Waals surface area contributed by atoms with Crippen molar-refractivity contribution >= 4 is 29.3 Å². The normalized spacial score (nSPS) is 10.4. The zero-order valence-corrected chi connectivity index (χ0v) is 18.4. The minimum absolute atomic E-state index is 0.0399. The Labute approximate surface area is 188 Å². The van der Waals surface area contributed by atoms with E-state index in [1.54, 1.807) is 54.2 Å². The van der Waals surface area contributed by atoms with Crippen LogP contribution in [0.15, 0.2) is 64.9 Å². The minimum Gasteiger partial charge on any atom is -0.491 e. The molecule has 0 aliphatic rings. The van der Waals surface area contributed by atoms with E-state index in [9.17, 15) is 14.4 Å². The summed E-state index contributed by atoms with van der Waals surface area (Å²) in [5.41, 5.74) is 1.28. The number of nitrogens with zero attached hydrogens (tertiary/aromatic N) is 3. The Morgan fingerprint density at radius 2 is 1.88 bits per heavy atom. The molecule has 0 aliphatic carbocycles. The van der Waals surface area contributed by atoms with Crippen LogP contribution < -0.4 is 15.5 Å². The molecule has 0 atom stereocenters. The lowest BCUT2D eigenvalue weighted by atomic mass is 10.2. The molecule has 2 aromatic heterocycles. The third-order valence-electron chi connectivity index (χ3n) is 4.29. The summed E-state index contributed by atoms with van der Waals surface area (Å²) in [5, 5.41) is 3.34. The second-order valence-corrected chi connectivity index (χ2v) is 7.43. The largest absolute Gasteiger partial charge is 0.491 e. The molecule has 9 nitrogen and oxygen atoms in total. The Bertz CT molecular complexity index is 1130. The molecular formula is C22H22N4O5S. The molecule has 3 rings (SSSR count). The zero-order valence-electron chi connectivity index (χ0n) is 17.6. The summed E-state index contributed by atoms with van der Waals surface area (Å²) in [7, 11) is 1.40. The van der Waals surface area contributed by atoms with Gasteiger partial charge < -0.3 is 19.4 Å². The molecule has 10 heteroatoms. The van der Waals surface area contributed by atoms with Crippen LogP contribution in [0.2, 0.25) is 0 Å². The Morgan fingerprint density at radius 1 is 1.16 bits per heavy atom. The lowest BCUT2D eigenvalue weighted by molar-refractivity contribution is -0.116. The van der Waals surface area contributed by atoms with Gasteiger partial charge in [0.1, 0.15) is 6.54 Å². The van der Waals surface area contributed by atoms with Crippen molar-refractivity contribution in [3.05, 3.63) is 76.5 Å². The highest BCUT2D eigenvalue weighted by Gasteiger charge is 2.13. The summed E-state index contributed by atoms with van der Waals surface area (Å²) in [6.07, 6.45) is 4.78. The molecular weight excluding hydrogens is 432 g/mol. The fourth-order valence-corrected chi connectivity index (χ4v) is 3.57. The Balaban J connectivity index is 1.72. The summed E-state index contributed by atoms with van der Waals surface area (Å²) in [5.74, 6) is -0.191. The average Bonchev–Trinajstić information content (AvgIpc) is 2.80. The van der Waals surface area contributed by atoms with Crippen LogP contribution in [0, 0.1) is 0 Å². The van der Waals surface area contributed by atoms with E-state index in [-0.39, 0.29) is 30.2 Å². The number of amides is 1. The van der Waals surface area contributed by atoms with Gasteiger partial charge in [0.05, 0.1) is 25.5 Å². The first-order chi connectivity index (χ1) is 15.5. The molecule has 0 bridgehead atoms. The summed E-state index contributed by atoms with van der Waals surface area (Å²) in [6, 6.07) is 9.57. The van der Waals surface area contributed by atoms with Gasteiger partial charge in [0.2, 0.25) is 11.3 Å². The summed E-state index contributed by atoms with van der Waals surface area (Å²) < 4.78 is 11.7. The number of hydrogen-bond acceptors (Lipinski definition) is 8. The number of aromatic nitrogens is 3. The number of rotatable bonds is 9. The van der Waals surface area contributed by atoms with Gasteiger partial charge >= 0.3 is 5.97 Å². The smallest absolute Gasteiger partial charge is 0.338 e. The third kappa shape index (κ3) is 6.17. The van der Waals surface area contributed by atoms with E-state index < -0.39 is 5.97 Å².